The van der Waals surface area contributed by atoms with Crippen LogP contribution in [0, 0.1) is 5.92 Å². The van der Waals surface area contributed by atoms with Crippen LogP contribution in [0.5, 0.6) is 0 Å². The van der Waals surface area contributed by atoms with Crippen molar-refractivity contribution in [1.29, 1.82) is 0 Å². The summed E-state index contributed by atoms with van der Waals surface area (Å²) >= 11 is 0. The Morgan fingerprint density at radius 2 is 1.73 bits per heavy atom. The zero-order valence-electron chi connectivity index (χ0n) is 14.5. The smallest absolute Gasteiger partial charge is 0.192 e. The van der Waals surface area contributed by atoms with Gasteiger partial charge in [-0.2, -0.15) is 0 Å². The number of benzene rings is 1. The first kappa shape index (κ1) is 15.9. The number of carbonyl (C=O) groups excluding carboxylic acids is 1. The predicted molar refractivity (Wildman–Crippen MR) is 92.6 cm³/mol. The quantitative estimate of drug-likeness (QED) is 0.700. The molecule has 0 spiro atoms. The molecule has 0 amide bonds. The number of carbonyl (C=O) groups is 1. The third-order valence-corrected chi connectivity index (χ3v) is 10.5. The zero-order valence-corrected chi connectivity index (χ0v) is 15.5. The van der Waals surface area contributed by atoms with Crippen LogP contribution in [0.25, 0.3) is 0 Å². The van der Waals surface area contributed by atoms with Crippen molar-refractivity contribution < 1.29 is 9.22 Å². The van der Waals surface area contributed by atoms with Crippen LogP contribution in [0.15, 0.2) is 24.3 Å². The van der Waals surface area contributed by atoms with Gasteiger partial charge in [0.2, 0.25) is 0 Å². The molecule has 3 aliphatic carbocycles. The Kier molecular flexibility index (Phi) is 3.85. The Bertz CT molecular complexity index is 585. The van der Waals surface area contributed by atoms with Gasteiger partial charge in [-0.25, -0.2) is 0 Å². The zero-order chi connectivity index (χ0) is 16.1. The van der Waals surface area contributed by atoms with E-state index in [4.69, 9.17) is 4.43 Å². The summed E-state index contributed by atoms with van der Waals surface area (Å²) in [7, 11) is -1.90. The third-order valence-electron chi connectivity index (χ3n) is 6.02. The second kappa shape index (κ2) is 5.31. The highest BCUT2D eigenvalue weighted by atomic mass is 28.4. The molecule has 22 heavy (non-hydrogen) atoms. The van der Waals surface area contributed by atoms with Gasteiger partial charge < -0.3 is 4.43 Å². The minimum Gasteiger partial charge on any atom is -0.409 e. The Hall–Kier alpha value is -0.933. The molecule has 4 rings (SSSR count). The summed E-state index contributed by atoms with van der Waals surface area (Å²) in [5.41, 5.74) is 2.64. The number of Topliss-reactive ketones (excluding diaryl/α,β-unsaturated/α-hetero) is 1. The molecule has 0 heterocycles. The fraction of sp³-hybridized carbons (Fsp3) is 0.632. The van der Waals surface area contributed by atoms with Crippen LogP contribution in [-0.2, 0) is 9.22 Å². The molecule has 0 radical (unpaired) electrons. The van der Waals surface area contributed by atoms with Crippen molar-refractivity contribution in [2.45, 2.75) is 70.2 Å². The van der Waals surface area contributed by atoms with E-state index < -0.39 is 8.32 Å². The van der Waals surface area contributed by atoms with Gasteiger partial charge in [-0.05, 0) is 48.0 Å². The van der Waals surface area contributed by atoms with Gasteiger partial charge in [0.25, 0.3) is 0 Å². The van der Waals surface area contributed by atoms with Crippen molar-refractivity contribution >= 4 is 14.1 Å². The summed E-state index contributed by atoms with van der Waals surface area (Å²) in [5.74, 6) is 0.887. The van der Waals surface area contributed by atoms with E-state index >= 15 is 0 Å². The van der Waals surface area contributed by atoms with E-state index in [0.717, 1.165) is 12.8 Å². The van der Waals surface area contributed by atoms with Crippen LogP contribution in [-0.4, -0.2) is 14.1 Å². The lowest BCUT2D eigenvalue weighted by Gasteiger charge is -2.41. The topological polar surface area (TPSA) is 26.3 Å². The molecule has 3 heteroatoms. The molecule has 1 aromatic rings. The lowest BCUT2D eigenvalue weighted by atomic mass is 9.81. The molecule has 0 N–H and O–H groups in total. The van der Waals surface area contributed by atoms with Crippen LogP contribution >= 0.6 is 0 Å². The highest BCUT2D eigenvalue weighted by Gasteiger charge is 2.46. The number of fused-ring (bicyclic) bond motifs is 2. The minimum atomic E-state index is -1.90. The first-order valence-electron chi connectivity index (χ1n) is 8.50. The van der Waals surface area contributed by atoms with Crippen molar-refractivity contribution in [2.75, 3.05) is 0 Å². The second-order valence-electron chi connectivity index (χ2n) is 8.48. The number of ketones is 1. The first-order chi connectivity index (χ1) is 10.2. The molecular weight excluding hydrogens is 288 g/mol. The van der Waals surface area contributed by atoms with Gasteiger partial charge in [-0.15, -0.1) is 0 Å². The Balaban J connectivity index is 2.04. The maximum Gasteiger partial charge on any atom is 0.192 e. The molecule has 0 saturated heterocycles. The minimum absolute atomic E-state index is 0.0305. The third kappa shape index (κ3) is 2.59. The summed E-state index contributed by atoms with van der Waals surface area (Å²) < 4.78 is 6.77. The highest BCUT2D eigenvalue weighted by Crippen LogP contribution is 2.50. The van der Waals surface area contributed by atoms with Crippen molar-refractivity contribution in [3.8, 4) is 0 Å². The van der Waals surface area contributed by atoms with Crippen molar-refractivity contribution in [3.05, 3.63) is 35.4 Å². The van der Waals surface area contributed by atoms with Crippen LogP contribution in [0.4, 0.5) is 0 Å². The van der Waals surface area contributed by atoms with Crippen molar-refractivity contribution in [2.24, 2.45) is 5.92 Å². The number of hydrogen-bond acceptors (Lipinski definition) is 2. The Morgan fingerprint density at radius 3 is 2.32 bits per heavy atom. The van der Waals surface area contributed by atoms with Crippen molar-refractivity contribution in [3.63, 3.8) is 0 Å². The fourth-order valence-electron chi connectivity index (χ4n) is 3.62. The van der Waals surface area contributed by atoms with Crippen LogP contribution in [0.3, 0.4) is 0 Å². The van der Waals surface area contributed by atoms with E-state index in [9.17, 15) is 4.79 Å². The van der Waals surface area contributed by atoms with Gasteiger partial charge >= 0.3 is 0 Å². The average Bonchev–Trinajstić information content (AvgIpc) is 2.63. The van der Waals surface area contributed by atoms with E-state index in [1.165, 1.54) is 11.1 Å². The van der Waals surface area contributed by atoms with Gasteiger partial charge in [-0.1, -0.05) is 45.0 Å². The lowest BCUT2D eigenvalue weighted by molar-refractivity contribution is -0.128. The highest BCUT2D eigenvalue weighted by molar-refractivity contribution is 6.74. The van der Waals surface area contributed by atoms with E-state index in [1.54, 1.807) is 0 Å². The summed E-state index contributed by atoms with van der Waals surface area (Å²) in [6, 6.07) is 8.60. The largest absolute Gasteiger partial charge is 0.409 e. The van der Waals surface area contributed by atoms with Gasteiger partial charge in [0.15, 0.2) is 8.32 Å². The van der Waals surface area contributed by atoms with Gasteiger partial charge in [0, 0.05) is 12.3 Å². The number of hydrogen-bond donors (Lipinski definition) is 0. The molecule has 2 bridgehead atoms. The Labute approximate surface area is 135 Å². The SMILES string of the molecule is CC(C)(C)[Si](C)(C)O[C@@H]1c2ccccc2[C@H]2CC[C@@H]1C(=O)C2. The molecule has 0 aliphatic heterocycles. The standard InChI is InChI=1S/C19H28O2Si/c1-19(2,3)22(4,5)21-18-15-9-7-6-8-14(15)13-10-11-16(18)17(20)12-13/h6-9,13,16,18H,10-12H2,1-5H3/t13-,16+,18+/m0/s1. The Morgan fingerprint density at radius 1 is 1.09 bits per heavy atom. The molecule has 1 aromatic carbocycles. The maximum atomic E-state index is 12.6. The molecule has 3 aliphatic rings. The normalized spacial score (nSPS) is 28.4. The van der Waals surface area contributed by atoms with E-state index in [-0.39, 0.29) is 17.1 Å². The van der Waals surface area contributed by atoms with Gasteiger partial charge in [0.1, 0.15) is 5.78 Å². The van der Waals surface area contributed by atoms with Crippen molar-refractivity contribution in [1.82, 2.24) is 0 Å². The molecule has 0 unspecified atom stereocenters. The molecule has 3 atom stereocenters. The average molecular weight is 317 g/mol. The fourth-order valence-corrected chi connectivity index (χ4v) is 4.90. The molecule has 0 aromatic heterocycles. The molecular formula is C19H28O2Si. The summed E-state index contributed by atoms with van der Waals surface area (Å²) in [6.07, 6.45) is 2.79. The molecule has 120 valence electrons. The molecule has 2 nitrogen and oxygen atoms in total. The molecule has 1 saturated carbocycles. The number of rotatable bonds is 2. The predicted octanol–water partition coefficient (Wildman–Crippen LogP) is 5.22. The van der Waals surface area contributed by atoms with Gasteiger partial charge in [-0.3, -0.25) is 4.79 Å². The summed E-state index contributed by atoms with van der Waals surface area (Å²) in [5, 5.41) is 0.162. The molecule has 1 fully saturated rings. The van der Waals surface area contributed by atoms with Crippen LogP contribution < -0.4 is 0 Å². The van der Waals surface area contributed by atoms with E-state index in [0.29, 0.717) is 18.1 Å². The second-order valence-corrected chi connectivity index (χ2v) is 13.2. The van der Waals surface area contributed by atoms with Crippen LogP contribution in [0.1, 0.15) is 63.2 Å². The lowest BCUT2D eigenvalue weighted by Crippen LogP contribution is -2.43. The van der Waals surface area contributed by atoms with Crippen LogP contribution in [0.2, 0.25) is 18.1 Å². The van der Waals surface area contributed by atoms with E-state index in [2.05, 4.69) is 58.1 Å². The maximum absolute atomic E-state index is 12.6. The monoisotopic (exact) mass is 316 g/mol. The summed E-state index contributed by atoms with van der Waals surface area (Å²) in [4.78, 5) is 12.6. The van der Waals surface area contributed by atoms with E-state index in [1.807, 2.05) is 0 Å². The first-order valence-corrected chi connectivity index (χ1v) is 11.4. The van der Waals surface area contributed by atoms with Gasteiger partial charge in [0.05, 0.1) is 6.10 Å². The summed E-state index contributed by atoms with van der Waals surface area (Å²) in [6.45, 7) is 11.4.